The lowest BCUT2D eigenvalue weighted by molar-refractivity contribution is -0.121. The van der Waals surface area contributed by atoms with Crippen LogP contribution in [-0.4, -0.2) is 24.2 Å². The van der Waals surface area contributed by atoms with Gasteiger partial charge in [-0.3, -0.25) is 4.79 Å². The maximum absolute atomic E-state index is 12.2. The van der Waals surface area contributed by atoms with Crippen LogP contribution in [0.1, 0.15) is 18.1 Å². The van der Waals surface area contributed by atoms with Gasteiger partial charge in [-0.25, -0.2) is 0 Å². The summed E-state index contributed by atoms with van der Waals surface area (Å²) < 4.78 is 28.7. The first kappa shape index (κ1) is 17.9. The second kappa shape index (κ2) is 7.88. The van der Waals surface area contributed by atoms with Crippen LogP contribution in [-0.2, 0) is 16.8 Å². The Bertz CT molecular complexity index is 675. The Balaban J connectivity index is 1.92. The van der Waals surface area contributed by atoms with Crippen molar-refractivity contribution in [2.75, 3.05) is 6.54 Å². The van der Waals surface area contributed by atoms with Gasteiger partial charge in [0.05, 0.1) is 13.0 Å². The molecule has 2 rings (SSSR count). The number of rotatable bonds is 7. The van der Waals surface area contributed by atoms with E-state index in [0.717, 1.165) is 0 Å². The predicted octanol–water partition coefficient (Wildman–Crippen LogP) is 2.85. The van der Waals surface area contributed by atoms with E-state index in [1.54, 1.807) is 43.3 Å². The zero-order valence-electron chi connectivity index (χ0n) is 13.2. The first-order valence-corrected chi connectivity index (χ1v) is 7.45. The number of carbonyl (C=O) groups excluding carboxylic acids is 1. The molecule has 1 atom stereocenters. The second-order valence-electron chi connectivity index (χ2n) is 5.62. The molecule has 24 heavy (non-hydrogen) atoms. The van der Waals surface area contributed by atoms with E-state index >= 15 is 0 Å². The number of hydrogen-bond donors (Lipinski definition) is 2. The van der Waals surface area contributed by atoms with Gasteiger partial charge in [0.2, 0.25) is 5.91 Å². The van der Waals surface area contributed by atoms with E-state index in [0.29, 0.717) is 11.1 Å². The maximum atomic E-state index is 12.2. The molecule has 0 aliphatic rings. The average molecular weight is 335 g/mol. The molecular weight excluding hydrogens is 316 g/mol. The van der Waals surface area contributed by atoms with Crippen LogP contribution in [0.5, 0.6) is 5.75 Å². The van der Waals surface area contributed by atoms with Gasteiger partial charge in [-0.15, -0.1) is 0 Å². The van der Waals surface area contributed by atoms with Crippen molar-refractivity contribution >= 4 is 5.91 Å². The van der Waals surface area contributed by atoms with Gasteiger partial charge in [0.25, 0.3) is 0 Å². The lowest BCUT2D eigenvalue weighted by Gasteiger charge is -2.24. The van der Waals surface area contributed by atoms with Gasteiger partial charge in [0.1, 0.15) is 11.4 Å². The summed E-state index contributed by atoms with van der Waals surface area (Å²) in [6.45, 7) is -1.25. The smallest absolute Gasteiger partial charge is 0.387 e. The van der Waals surface area contributed by atoms with Crippen molar-refractivity contribution < 1.29 is 23.4 Å². The van der Waals surface area contributed by atoms with Crippen molar-refractivity contribution in [3.8, 4) is 5.75 Å². The number of ether oxygens (including phenoxy) is 1. The van der Waals surface area contributed by atoms with Crippen LogP contribution in [0.15, 0.2) is 54.6 Å². The SMILES string of the molecule is CC(O)(CNC(=O)Cc1cccc(OC(F)F)c1)c1ccccc1. The van der Waals surface area contributed by atoms with Gasteiger partial charge in [0.15, 0.2) is 0 Å². The van der Waals surface area contributed by atoms with Gasteiger partial charge < -0.3 is 15.2 Å². The molecule has 0 aromatic heterocycles. The molecule has 0 heterocycles. The zero-order valence-corrected chi connectivity index (χ0v) is 13.2. The quantitative estimate of drug-likeness (QED) is 0.818. The van der Waals surface area contributed by atoms with Gasteiger partial charge in [0, 0.05) is 0 Å². The fourth-order valence-corrected chi connectivity index (χ4v) is 2.25. The number of carbonyl (C=O) groups is 1. The Kier molecular flexibility index (Phi) is 5.87. The number of aliphatic hydroxyl groups is 1. The van der Waals surface area contributed by atoms with E-state index in [1.807, 2.05) is 6.07 Å². The van der Waals surface area contributed by atoms with Crippen LogP contribution in [0.4, 0.5) is 8.78 Å². The fraction of sp³-hybridized carbons (Fsp3) is 0.278. The molecule has 1 unspecified atom stereocenters. The van der Waals surface area contributed by atoms with Crippen molar-refractivity contribution in [3.63, 3.8) is 0 Å². The molecule has 0 fully saturated rings. The lowest BCUT2D eigenvalue weighted by atomic mass is 9.96. The minimum atomic E-state index is -2.91. The summed E-state index contributed by atoms with van der Waals surface area (Å²) in [5.41, 5.74) is 0.0417. The van der Waals surface area contributed by atoms with Crippen LogP contribution < -0.4 is 10.1 Å². The molecule has 2 N–H and O–H groups in total. The first-order chi connectivity index (χ1) is 11.4. The molecule has 0 saturated heterocycles. The Morgan fingerprint density at radius 2 is 1.92 bits per heavy atom. The fourth-order valence-electron chi connectivity index (χ4n) is 2.25. The van der Waals surface area contributed by atoms with Crippen LogP contribution in [0.25, 0.3) is 0 Å². The normalized spacial score (nSPS) is 13.4. The molecule has 2 aromatic rings. The summed E-state index contributed by atoms with van der Waals surface area (Å²) in [7, 11) is 0. The third-order valence-electron chi connectivity index (χ3n) is 3.51. The first-order valence-electron chi connectivity index (χ1n) is 7.45. The van der Waals surface area contributed by atoms with Crippen molar-refractivity contribution in [1.82, 2.24) is 5.32 Å². The summed E-state index contributed by atoms with van der Waals surface area (Å²) in [5, 5.41) is 13.1. The maximum Gasteiger partial charge on any atom is 0.387 e. The molecule has 4 nitrogen and oxygen atoms in total. The van der Waals surface area contributed by atoms with Crippen LogP contribution in [0.3, 0.4) is 0 Å². The van der Waals surface area contributed by atoms with E-state index in [2.05, 4.69) is 10.1 Å². The van der Waals surface area contributed by atoms with Crippen molar-refractivity contribution in [2.24, 2.45) is 0 Å². The molecule has 0 bridgehead atoms. The van der Waals surface area contributed by atoms with E-state index in [4.69, 9.17) is 0 Å². The largest absolute Gasteiger partial charge is 0.435 e. The van der Waals surface area contributed by atoms with Crippen LogP contribution in [0, 0.1) is 0 Å². The Morgan fingerprint density at radius 3 is 2.58 bits per heavy atom. The van der Waals surface area contributed by atoms with Gasteiger partial charge in [-0.05, 0) is 30.2 Å². The van der Waals surface area contributed by atoms with E-state index in [-0.39, 0.29) is 24.6 Å². The van der Waals surface area contributed by atoms with E-state index in [1.165, 1.54) is 12.1 Å². The second-order valence-corrected chi connectivity index (χ2v) is 5.62. The molecule has 6 heteroatoms. The standard InChI is InChI=1S/C18H19F2NO3/c1-18(23,14-7-3-2-4-8-14)12-21-16(22)11-13-6-5-9-15(10-13)24-17(19)20/h2-10,17,23H,11-12H2,1H3,(H,21,22). The summed E-state index contributed by atoms with van der Waals surface area (Å²) in [5.74, 6) is -0.313. The Labute approximate surface area is 139 Å². The minimum absolute atomic E-state index is 0.00527. The third-order valence-corrected chi connectivity index (χ3v) is 3.51. The summed E-state index contributed by atoms with van der Waals surface area (Å²) in [4.78, 5) is 12.0. The molecule has 0 spiro atoms. The van der Waals surface area contributed by atoms with Gasteiger partial charge in [-0.1, -0.05) is 42.5 Å². The number of alkyl halides is 2. The Morgan fingerprint density at radius 1 is 1.21 bits per heavy atom. The van der Waals surface area contributed by atoms with Crippen molar-refractivity contribution in [2.45, 2.75) is 25.6 Å². The highest BCUT2D eigenvalue weighted by atomic mass is 19.3. The topological polar surface area (TPSA) is 58.6 Å². The average Bonchev–Trinajstić information content (AvgIpc) is 2.54. The number of amides is 1. The molecule has 1 amide bonds. The highest BCUT2D eigenvalue weighted by molar-refractivity contribution is 5.78. The van der Waals surface area contributed by atoms with E-state index < -0.39 is 12.2 Å². The van der Waals surface area contributed by atoms with Crippen LogP contribution in [0.2, 0.25) is 0 Å². The van der Waals surface area contributed by atoms with Crippen molar-refractivity contribution in [3.05, 3.63) is 65.7 Å². The molecule has 0 aliphatic carbocycles. The molecular formula is C18H19F2NO3. The highest BCUT2D eigenvalue weighted by Gasteiger charge is 2.23. The highest BCUT2D eigenvalue weighted by Crippen LogP contribution is 2.19. The number of benzene rings is 2. The monoisotopic (exact) mass is 335 g/mol. The van der Waals surface area contributed by atoms with E-state index in [9.17, 15) is 18.7 Å². The molecule has 0 aliphatic heterocycles. The lowest BCUT2D eigenvalue weighted by Crippen LogP contribution is -2.39. The number of hydrogen-bond acceptors (Lipinski definition) is 3. The van der Waals surface area contributed by atoms with Crippen molar-refractivity contribution in [1.29, 1.82) is 0 Å². The Hall–Kier alpha value is -2.47. The zero-order chi connectivity index (χ0) is 17.6. The third kappa shape index (κ3) is 5.31. The minimum Gasteiger partial charge on any atom is -0.435 e. The summed E-state index contributed by atoms with van der Waals surface area (Å²) >= 11 is 0. The van der Waals surface area contributed by atoms with Gasteiger partial charge >= 0.3 is 6.61 Å². The molecule has 0 saturated carbocycles. The molecule has 128 valence electrons. The number of nitrogens with one attached hydrogen (secondary N) is 1. The number of halogens is 2. The molecule has 2 aromatic carbocycles. The predicted molar refractivity (Wildman–Crippen MR) is 85.8 cm³/mol. The molecule has 0 radical (unpaired) electrons. The van der Waals surface area contributed by atoms with Crippen LogP contribution >= 0.6 is 0 Å². The summed E-state index contributed by atoms with van der Waals surface area (Å²) in [6.07, 6.45) is 0.00527. The summed E-state index contributed by atoms with van der Waals surface area (Å²) in [6, 6.07) is 15.0. The van der Waals surface area contributed by atoms with Gasteiger partial charge in [-0.2, -0.15) is 8.78 Å².